The number of amides is 2. The minimum Gasteiger partial charge on any atom is -0.354 e. The van der Waals surface area contributed by atoms with Crippen LogP contribution in [0.4, 0.5) is 8.78 Å². The van der Waals surface area contributed by atoms with Crippen molar-refractivity contribution in [2.45, 2.75) is 24.7 Å². The number of aryl methyl sites for hydroxylation is 1. The molecule has 172 valence electrons. The van der Waals surface area contributed by atoms with E-state index in [4.69, 9.17) is 0 Å². The van der Waals surface area contributed by atoms with Gasteiger partial charge in [0.2, 0.25) is 15.9 Å². The summed E-state index contributed by atoms with van der Waals surface area (Å²) in [6.45, 7) is 2.19. The Morgan fingerprint density at radius 2 is 1.66 bits per heavy atom. The van der Waals surface area contributed by atoms with Gasteiger partial charge in [0, 0.05) is 37.7 Å². The van der Waals surface area contributed by atoms with E-state index in [1.165, 1.54) is 34.6 Å². The summed E-state index contributed by atoms with van der Waals surface area (Å²) in [5.74, 6) is -2.31. The van der Waals surface area contributed by atoms with Gasteiger partial charge < -0.3 is 10.6 Å². The van der Waals surface area contributed by atoms with Crippen LogP contribution in [0, 0.1) is 24.5 Å². The maximum atomic E-state index is 13.9. The van der Waals surface area contributed by atoms with Crippen LogP contribution >= 0.6 is 0 Å². The van der Waals surface area contributed by atoms with E-state index in [0.717, 1.165) is 12.1 Å². The minimum atomic E-state index is -3.95. The molecule has 10 heteroatoms. The lowest BCUT2D eigenvalue weighted by atomic mass is 9.97. The number of sulfonamides is 1. The van der Waals surface area contributed by atoms with Gasteiger partial charge in [-0.05, 0) is 49.6 Å². The van der Waals surface area contributed by atoms with Gasteiger partial charge in [-0.2, -0.15) is 4.31 Å². The van der Waals surface area contributed by atoms with Crippen LogP contribution in [-0.2, 0) is 14.8 Å². The lowest BCUT2D eigenvalue weighted by molar-refractivity contribution is -0.126. The van der Waals surface area contributed by atoms with Crippen LogP contribution in [-0.4, -0.2) is 50.7 Å². The van der Waals surface area contributed by atoms with Gasteiger partial charge in [-0.15, -0.1) is 0 Å². The summed E-state index contributed by atoms with van der Waals surface area (Å²) < 4.78 is 53.9. The highest BCUT2D eigenvalue weighted by Crippen LogP contribution is 2.25. The van der Waals surface area contributed by atoms with E-state index >= 15 is 0 Å². The van der Waals surface area contributed by atoms with Crippen molar-refractivity contribution < 1.29 is 26.8 Å². The molecule has 32 heavy (non-hydrogen) atoms. The van der Waals surface area contributed by atoms with E-state index in [2.05, 4.69) is 10.6 Å². The number of benzene rings is 2. The highest BCUT2D eigenvalue weighted by atomic mass is 32.2. The van der Waals surface area contributed by atoms with Crippen LogP contribution in [0.15, 0.2) is 47.4 Å². The standard InChI is InChI=1S/C22H25F2N3O4S/c1-15-6-7-17(14-19(15)24)22(29)26-11-10-25-21(28)16-8-12-27(13-9-16)32(30,31)20-5-3-2-4-18(20)23/h2-7,14,16H,8-13H2,1H3,(H,25,28)(H,26,29). The molecule has 2 aromatic rings. The predicted molar refractivity (Wildman–Crippen MR) is 114 cm³/mol. The van der Waals surface area contributed by atoms with Crippen molar-refractivity contribution in [2.24, 2.45) is 5.92 Å². The smallest absolute Gasteiger partial charge is 0.251 e. The fourth-order valence-electron chi connectivity index (χ4n) is 3.49. The average Bonchev–Trinajstić information content (AvgIpc) is 2.78. The number of rotatable bonds is 7. The molecule has 2 aromatic carbocycles. The molecule has 0 aromatic heterocycles. The normalized spacial score (nSPS) is 15.3. The second-order valence-corrected chi connectivity index (χ2v) is 9.53. The minimum absolute atomic E-state index is 0.116. The van der Waals surface area contributed by atoms with Crippen molar-refractivity contribution in [3.8, 4) is 0 Å². The van der Waals surface area contributed by atoms with Crippen LogP contribution in [0.2, 0.25) is 0 Å². The highest BCUT2D eigenvalue weighted by molar-refractivity contribution is 7.89. The predicted octanol–water partition coefficient (Wildman–Crippen LogP) is 2.22. The summed E-state index contributed by atoms with van der Waals surface area (Å²) in [5.41, 5.74) is 0.643. The van der Waals surface area contributed by atoms with Gasteiger partial charge in [0.1, 0.15) is 16.5 Å². The Balaban J connectivity index is 1.43. The topological polar surface area (TPSA) is 95.6 Å². The molecule has 1 heterocycles. The zero-order valence-corrected chi connectivity index (χ0v) is 18.4. The summed E-state index contributed by atoms with van der Waals surface area (Å²) in [5, 5.41) is 5.33. The zero-order chi connectivity index (χ0) is 23.3. The van der Waals surface area contributed by atoms with E-state index in [0.29, 0.717) is 18.4 Å². The molecule has 7 nitrogen and oxygen atoms in total. The fourth-order valence-corrected chi connectivity index (χ4v) is 5.03. The van der Waals surface area contributed by atoms with Crippen LogP contribution in [0.3, 0.4) is 0 Å². The van der Waals surface area contributed by atoms with Crippen molar-refractivity contribution in [3.05, 3.63) is 65.2 Å². The number of nitrogens with zero attached hydrogens (tertiary/aromatic N) is 1. The average molecular weight is 466 g/mol. The first-order valence-corrected chi connectivity index (χ1v) is 11.7. The number of hydrogen-bond acceptors (Lipinski definition) is 4. The Hall–Kier alpha value is -2.85. The third-order valence-corrected chi connectivity index (χ3v) is 7.35. The van der Waals surface area contributed by atoms with Crippen LogP contribution in [0.1, 0.15) is 28.8 Å². The summed E-state index contributed by atoms with van der Waals surface area (Å²) >= 11 is 0. The van der Waals surface area contributed by atoms with E-state index in [-0.39, 0.29) is 48.5 Å². The first-order valence-electron chi connectivity index (χ1n) is 10.3. The first-order chi connectivity index (χ1) is 15.2. The Labute approximate surface area is 185 Å². The highest BCUT2D eigenvalue weighted by Gasteiger charge is 2.33. The molecule has 0 bridgehead atoms. The molecular weight excluding hydrogens is 440 g/mol. The van der Waals surface area contributed by atoms with Gasteiger partial charge in [0.15, 0.2) is 0 Å². The van der Waals surface area contributed by atoms with E-state index in [1.54, 1.807) is 6.92 Å². The molecule has 1 aliphatic heterocycles. The number of carbonyl (C=O) groups excluding carboxylic acids is 2. The fraction of sp³-hybridized carbons (Fsp3) is 0.364. The van der Waals surface area contributed by atoms with Gasteiger partial charge in [-0.25, -0.2) is 17.2 Å². The Kier molecular flexibility index (Phi) is 7.57. The Bertz CT molecular complexity index is 1100. The SMILES string of the molecule is Cc1ccc(C(=O)NCCNC(=O)C2CCN(S(=O)(=O)c3ccccc3F)CC2)cc1F. The zero-order valence-electron chi connectivity index (χ0n) is 17.6. The van der Waals surface area contributed by atoms with Crippen molar-refractivity contribution >= 4 is 21.8 Å². The first kappa shape index (κ1) is 23.8. The monoisotopic (exact) mass is 465 g/mol. The van der Waals surface area contributed by atoms with Crippen molar-refractivity contribution in [3.63, 3.8) is 0 Å². The maximum absolute atomic E-state index is 13.9. The number of nitrogens with one attached hydrogen (secondary N) is 2. The van der Waals surface area contributed by atoms with Gasteiger partial charge in [0.05, 0.1) is 0 Å². The largest absolute Gasteiger partial charge is 0.354 e. The van der Waals surface area contributed by atoms with Crippen LogP contribution in [0.25, 0.3) is 0 Å². The van der Waals surface area contributed by atoms with E-state index < -0.39 is 27.6 Å². The summed E-state index contributed by atoms with van der Waals surface area (Å²) in [6.07, 6.45) is 0.628. The van der Waals surface area contributed by atoms with E-state index in [1.807, 2.05) is 0 Å². The summed E-state index contributed by atoms with van der Waals surface area (Å²) in [7, 11) is -3.95. The molecule has 1 fully saturated rings. The van der Waals surface area contributed by atoms with Gasteiger partial charge in [-0.1, -0.05) is 18.2 Å². The second-order valence-electron chi connectivity index (χ2n) is 7.62. The van der Waals surface area contributed by atoms with Gasteiger partial charge >= 0.3 is 0 Å². The summed E-state index contributed by atoms with van der Waals surface area (Å²) in [4.78, 5) is 24.1. The van der Waals surface area contributed by atoms with E-state index in [9.17, 15) is 26.8 Å². The molecule has 0 atom stereocenters. The quantitative estimate of drug-likeness (QED) is 0.613. The third kappa shape index (κ3) is 5.49. The number of piperidine rings is 1. The molecule has 0 unspecified atom stereocenters. The van der Waals surface area contributed by atoms with Crippen molar-refractivity contribution in [1.82, 2.24) is 14.9 Å². The molecule has 3 rings (SSSR count). The van der Waals surface area contributed by atoms with Crippen molar-refractivity contribution in [1.29, 1.82) is 0 Å². The number of hydrogen-bond donors (Lipinski definition) is 2. The van der Waals surface area contributed by atoms with Crippen LogP contribution in [0.5, 0.6) is 0 Å². The Morgan fingerprint density at radius 3 is 2.31 bits per heavy atom. The molecular formula is C22H25F2N3O4S. The lowest BCUT2D eigenvalue weighted by Gasteiger charge is -2.30. The molecule has 1 aliphatic rings. The van der Waals surface area contributed by atoms with Crippen molar-refractivity contribution in [2.75, 3.05) is 26.2 Å². The number of halogens is 2. The molecule has 1 saturated heterocycles. The van der Waals surface area contributed by atoms with Gasteiger partial charge in [0.25, 0.3) is 5.91 Å². The molecule has 0 radical (unpaired) electrons. The molecule has 0 saturated carbocycles. The van der Waals surface area contributed by atoms with Gasteiger partial charge in [-0.3, -0.25) is 9.59 Å². The third-order valence-electron chi connectivity index (χ3n) is 5.42. The molecule has 2 amide bonds. The maximum Gasteiger partial charge on any atom is 0.251 e. The Morgan fingerprint density at radius 1 is 1.00 bits per heavy atom. The molecule has 2 N–H and O–H groups in total. The molecule has 0 aliphatic carbocycles. The number of carbonyl (C=O) groups is 2. The lowest BCUT2D eigenvalue weighted by Crippen LogP contribution is -2.44. The summed E-state index contributed by atoms with van der Waals surface area (Å²) in [6, 6.07) is 9.41. The molecule has 0 spiro atoms. The second kappa shape index (κ2) is 10.2. The van der Waals surface area contributed by atoms with Crippen LogP contribution < -0.4 is 10.6 Å².